The fraction of sp³-hybridized carbons (Fsp3) is 0.750. The van der Waals surface area contributed by atoms with Gasteiger partial charge in [-0.1, -0.05) is 6.58 Å². The highest BCUT2D eigenvalue weighted by atomic mass is 79.9. The standard InChI is InChI=1S/C12H24N2O.BrH/c1-7-14(5,6)9-8-11(4)13-12(15)10(2)3;/h11H,2,7-9H2,1,3-6H3;1H. The summed E-state index contributed by atoms with van der Waals surface area (Å²) in [6.07, 6.45) is 1.000. The van der Waals surface area contributed by atoms with Crippen molar-refractivity contribution in [3.05, 3.63) is 12.2 Å². The van der Waals surface area contributed by atoms with Crippen molar-refractivity contribution in [3.8, 4) is 0 Å². The van der Waals surface area contributed by atoms with E-state index in [0.717, 1.165) is 24.0 Å². The van der Waals surface area contributed by atoms with Crippen LogP contribution in [0.3, 0.4) is 0 Å². The van der Waals surface area contributed by atoms with Gasteiger partial charge in [-0.15, -0.1) is 0 Å². The minimum atomic E-state index is -0.0377. The van der Waals surface area contributed by atoms with E-state index in [1.807, 2.05) is 6.92 Å². The van der Waals surface area contributed by atoms with E-state index in [1.54, 1.807) is 6.92 Å². The quantitative estimate of drug-likeness (QED) is 0.472. The van der Waals surface area contributed by atoms with Crippen LogP contribution in [0.4, 0.5) is 0 Å². The van der Waals surface area contributed by atoms with Crippen molar-refractivity contribution in [1.82, 2.24) is 5.32 Å². The number of nitrogens with one attached hydrogen (secondary N) is 1. The fourth-order valence-electron chi connectivity index (χ4n) is 1.12. The second-order valence-electron chi connectivity index (χ2n) is 4.92. The molecule has 4 heteroatoms. The normalized spacial score (nSPS) is 12.6. The van der Waals surface area contributed by atoms with Gasteiger partial charge in [0.2, 0.25) is 5.91 Å². The molecule has 0 aliphatic carbocycles. The van der Waals surface area contributed by atoms with Gasteiger partial charge in [0.25, 0.3) is 0 Å². The smallest absolute Gasteiger partial charge is 0.246 e. The van der Waals surface area contributed by atoms with Crippen molar-refractivity contribution in [1.29, 1.82) is 0 Å². The van der Waals surface area contributed by atoms with Crippen LogP contribution in [-0.4, -0.2) is 43.6 Å². The Kier molecular flexibility index (Phi) is 8.84. The molecule has 0 rings (SSSR count). The minimum Gasteiger partial charge on any atom is -1.00 e. The number of carbonyl (C=O) groups excluding carboxylic acids is 1. The zero-order valence-corrected chi connectivity index (χ0v) is 12.7. The number of quaternary nitrogens is 1. The lowest BCUT2D eigenvalue weighted by Crippen LogP contribution is -3.00. The first-order chi connectivity index (χ1) is 6.78. The lowest BCUT2D eigenvalue weighted by molar-refractivity contribution is -0.888. The van der Waals surface area contributed by atoms with E-state index in [4.69, 9.17) is 0 Å². The van der Waals surface area contributed by atoms with Gasteiger partial charge < -0.3 is 26.8 Å². The molecule has 0 aromatic carbocycles. The first-order valence-corrected chi connectivity index (χ1v) is 5.57. The Labute approximate surface area is 110 Å². The Bertz CT molecular complexity index is 239. The van der Waals surface area contributed by atoms with Crippen LogP contribution in [0.5, 0.6) is 0 Å². The predicted molar refractivity (Wildman–Crippen MR) is 64.6 cm³/mol. The summed E-state index contributed by atoms with van der Waals surface area (Å²) in [6.45, 7) is 11.8. The van der Waals surface area contributed by atoms with Crippen LogP contribution in [0.1, 0.15) is 27.2 Å². The molecule has 3 nitrogen and oxygen atoms in total. The molecule has 1 amide bonds. The lowest BCUT2D eigenvalue weighted by Gasteiger charge is -2.29. The number of hydrogen-bond donors (Lipinski definition) is 1. The first kappa shape index (κ1) is 18.0. The lowest BCUT2D eigenvalue weighted by atomic mass is 10.2. The highest BCUT2D eigenvalue weighted by Gasteiger charge is 2.15. The SMILES string of the molecule is C=C(C)C(=O)NC(C)CC[N+](C)(C)CC.[Br-]. The van der Waals surface area contributed by atoms with Gasteiger partial charge >= 0.3 is 0 Å². The average Bonchev–Trinajstić information content (AvgIpc) is 2.15. The van der Waals surface area contributed by atoms with Crippen molar-refractivity contribution >= 4 is 5.91 Å². The van der Waals surface area contributed by atoms with Gasteiger partial charge in [-0.3, -0.25) is 4.79 Å². The molecule has 0 radical (unpaired) electrons. The fourth-order valence-corrected chi connectivity index (χ4v) is 1.12. The number of halogens is 1. The molecule has 0 aromatic heterocycles. The van der Waals surface area contributed by atoms with Gasteiger partial charge in [0.1, 0.15) is 0 Å². The Morgan fingerprint density at radius 2 is 1.94 bits per heavy atom. The maximum Gasteiger partial charge on any atom is 0.246 e. The van der Waals surface area contributed by atoms with Crippen LogP contribution >= 0.6 is 0 Å². The maximum atomic E-state index is 11.3. The van der Waals surface area contributed by atoms with E-state index in [2.05, 4.69) is 32.9 Å². The van der Waals surface area contributed by atoms with Crippen molar-refractivity contribution in [3.63, 3.8) is 0 Å². The molecule has 0 saturated heterocycles. The predicted octanol–water partition coefficient (Wildman–Crippen LogP) is -1.44. The molecule has 16 heavy (non-hydrogen) atoms. The largest absolute Gasteiger partial charge is 1.00 e. The van der Waals surface area contributed by atoms with E-state index in [-0.39, 0.29) is 28.9 Å². The molecule has 0 fully saturated rings. The van der Waals surface area contributed by atoms with Crippen LogP contribution in [0, 0.1) is 0 Å². The second-order valence-corrected chi connectivity index (χ2v) is 4.92. The van der Waals surface area contributed by atoms with Crippen molar-refractivity contribution < 1.29 is 26.3 Å². The van der Waals surface area contributed by atoms with Crippen LogP contribution in [-0.2, 0) is 4.79 Å². The molecule has 0 aromatic rings. The zero-order chi connectivity index (χ0) is 12.1. The van der Waals surface area contributed by atoms with E-state index < -0.39 is 0 Å². The third kappa shape index (κ3) is 7.88. The molecule has 96 valence electrons. The molecule has 0 saturated carbocycles. The summed E-state index contributed by atoms with van der Waals surface area (Å²) in [6, 6.07) is 0.221. The first-order valence-electron chi connectivity index (χ1n) is 5.57. The number of rotatable bonds is 6. The van der Waals surface area contributed by atoms with E-state index in [1.165, 1.54) is 0 Å². The van der Waals surface area contributed by atoms with E-state index >= 15 is 0 Å². The van der Waals surface area contributed by atoms with Gasteiger partial charge in [0.15, 0.2) is 0 Å². The zero-order valence-electron chi connectivity index (χ0n) is 11.1. The number of nitrogens with zero attached hydrogens (tertiary/aromatic N) is 1. The summed E-state index contributed by atoms with van der Waals surface area (Å²) >= 11 is 0. The number of amides is 1. The van der Waals surface area contributed by atoms with Gasteiger partial charge in [0, 0.05) is 18.0 Å². The monoisotopic (exact) mass is 292 g/mol. The van der Waals surface area contributed by atoms with Crippen LogP contribution in [0.25, 0.3) is 0 Å². The second kappa shape index (κ2) is 7.85. The highest BCUT2D eigenvalue weighted by molar-refractivity contribution is 5.92. The molecular formula is C12H25BrN2O. The summed E-state index contributed by atoms with van der Waals surface area (Å²) < 4.78 is 0.993. The molecule has 1 N–H and O–H groups in total. The molecular weight excluding hydrogens is 268 g/mol. The maximum absolute atomic E-state index is 11.3. The minimum absolute atomic E-state index is 0. The van der Waals surface area contributed by atoms with E-state index in [0.29, 0.717) is 5.57 Å². The van der Waals surface area contributed by atoms with Gasteiger partial charge in [-0.25, -0.2) is 0 Å². The summed E-state index contributed by atoms with van der Waals surface area (Å²) in [4.78, 5) is 11.3. The van der Waals surface area contributed by atoms with Crippen LogP contribution < -0.4 is 22.3 Å². The van der Waals surface area contributed by atoms with Crippen LogP contribution in [0.2, 0.25) is 0 Å². The number of hydrogen-bond acceptors (Lipinski definition) is 1. The van der Waals surface area contributed by atoms with Gasteiger partial charge in [-0.2, -0.15) is 0 Å². The van der Waals surface area contributed by atoms with Gasteiger partial charge in [0.05, 0.1) is 27.2 Å². The molecule has 0 aliphatic heterocycles. The molecule has 0 heterocycles. The molecule has 0 aliphatic rings. The average molecular weight is 293 g/mol. The van der Waals surface area contributed by atoms with Crippen molar-refractivity contribution in [2.75, 3.05) is 27.2 Å². The highest BCUT2D eigenvalue weighted by Crippen LogP contribution is 2.02. The van der Waals surface area contributed by atoms with E-state index in [9.17, 15) is 4.79 Å². The Morgan fingerprint density at radius 3 is 2.31 bits per heavy atom. The molecule has 0 spiro atoms. The third-order valence-electron chi connectivity index (χ3n) is 2.79. The van der Waals surface area contributed by atoms with Crippen molar-refractivity contribution in [2.45, 2.75) is 33.2 Å². The molecule has 1 atom stereocenters. The summed E-state index contributed by atoms with van der Waals surface area (Å²) in [7, 11) is 4.40. The molecule has 0 bridgehead atoms. The Hall–Kier alpha value is -0.350. The van der Waals surface area contributed by atoms with Crippen LogP contribution in [0.15, 0.2) is 12.2 Å². The van der Waals surface area contributed by atoms with Crippen molar-refractivity contribution in [2.24, 2.45) is 0 Å². The third-order valence-corrected chi connectivity index (χ3v) is 2.79. The summed E-state index contributed by atoms with van der Waals surface area (Å²) in [5.74, 6) is -0.0377. The summed E-state index contributed by atoms with van der Waals surface area (Å²) in [5.41, 5.74) is 0.575. The molecule has 1 unspecified atom stereocenters. The summed E-state index contributed by atoms with van der Waals surface area (Å²) in [5, 5.41) is 2.93. The Balaban J connectivity index is 0. The topological polar surface area (TPSA) is 29.1 Å². The Morgan fingerprint density at radius 1 is 1.44 bits per heavy atom. The van der Waals surface area contributed by atoms with Gasteiger partial charge in [-0.05, 0) is 20.8 Å². The number of carbonyl (C=O) groups is 1.